The summed E-state index contributed by atoms with van der Waals surface area (Å²) in [4.78, 5) is 24.2. The average molecular weight is 374 g/mol. The van der Waals surface area contributed by atoms with Crippen molar-refractivity contribution >= 4 is 40.8 Å². The van der Waals surface area contributed by atoms with E-state index in [4.69, 9.17) is 9.47 Å². The van der Waals surface area contributed by atoms with Crippen molar-refractivity contribution in [3.05, 3.63) is 46.7 Å². The number of thiophene rings is 1. The topological polar surface area (TPSA) is 76.7 Å². The first-order valence-corrected chi connectivity index (χ1v) is 8.90. The Morgan fingerprint density at radius 1 is 1.12 bits per heavy atom. The lowest BCUT2D eigenvalue weighted by Gasteiger charge is -2.20. The van der Waals surface area contributed by atoms with Crippen molar-refractivity contribution in [1.82, 2.24) is 0 Å². The van der Waals surface area contributed by atoms with Crippen LogP contribution in [0, 0.1) is 0 Å². The summed E-state index contributed by atoms with van der Waals surface area (Å²) in [5.41, 5.74) is 1.15. The summed E-state index contributed by atoms with van der Waals surface area (Å²) in [6.45, 7) is 5.33. The zero-order chi connectivity index (χ0) is 19.2. The Morgan fingerprint density at radius 2 is 1.88 bits per heavy atom. The van der Waals surface area contributed by atoms with Crippen molar-refractivity contribution in [3.8, 4) is 5.75 Å². The van der Waals surface area contributed by atoms with Crippen LogP contribution in [0.25, 0.3) is 6.08 Å². The summed E-state index contributed by atoms with van der Waals surface area (Å²) < 4.78 is 10.4. The molecule has 1 heterocycles. The zero-order valence-corrected chi connectivity index (χ0v) is 16.0. The first kappa shape index (κ1) is 19.5. The van der Waals surface area contributed by atoms with Crippen LogP contribution in [0.1, 0.15) is 26.3 Å². The minimum absolute atomic E-state index is 0.323. The molecule has 0 fully saturated rings. The van der Waals surface area contributed by atoms with Gasteiger partial charge in [-0.1, -0.05) is 0 Å². The molecule has 0 aliphatic heterocycles. The summed E-state index contributed by atoms with van der Waals surface area (Å²) >= 11 is 1.55. The summed E-state index contributed by atoms with van der Waals surface area (Å²) in [6.07, 6.45) is 2.54. The van der Waals surface area contributed by atoms with Crippen LogP contribution in [0.5, 0.6) is 5.75 Å². The molecule has 6 nitrogen and oxygen atoms in total. The SMILES string of the molecule is COc1ccc(NC(=O)OC(C)(C)C)c(NC(=O)/C=C/c2ccsc2)c1. The van der Waals surface area contributed by atoms with Gasteiger partial charge in [0.1, 0.15) is 11.4 Å². The van der Waals surface area contributed by atoms with Crippen LogP contribution in [0.4, 0.5) is 16.2 Å². The van der Waals surface area contributed by atoms with Crippen LogP contribution < -0.4 is 15.4 Å². The Kier molecular flexibility index (Phi) is 6.41. The second-order valence-electron chi connectivity index (χ2n) is 6.42. The van der Waals surface area contributed by atoms with Gasteiger partial charge in [0.05, 0.1) is 18.5 Å². The number of carbonyl (C=O) groups excluding carboxylic acids is 2. The molecule has 2 rings (SSSR count). The van der Waals surface area contributed by atoms with Crippen LogP contribution >= 0.6 is 11.3 Å². The second kappa shape index (κ2) is 8.53. The maximum absolute atomic E-state index is 12.2. The Labute approximate surface area is 156 Å². The predicted octanol–water partition coefficient (Wildman–Crippen LogP) is 4.76. The van der Waals surface area contributed by atoms with Crippen LogP contribution in [-0.4, -0.2) is 24.7 Å². The predicted molar refractivity (Wildman–Crippen MR) is 105 cm³/mol. The summed E-state index contributed by atoms with van der Waals surface area (Å²) in [7, 11) is 1.53. The highest BCUT2D eigenvalue weighted by Gasteiger charge is 2.18. The van der Waals surface area contributed by atoms with E-state index in [-0.39, 0.29) is 5.91 Å². The Bertz CT molecular complexity index is 792. The van der Waals surface area contributed by atoms with Crippen molar-refractivity contribution in [3.63, 3.8) is 0 Å². The summed E-state index contributed by atoms with van der Waals surface area (Å²) in [5.74, 6) is 0.230. The molecule has 0 saturated carbocycles. The molecule has 0 atom stereocenters. The quantitative estimate of drug-likeness (QED) is 0.740. The highest BCUT2D eigenvalue weighted by Crippen LogP contribution is 2.27. The van der Waals surface area contributed by atoms with Gasteiger partial charge in [-0.2, -0.15) is 11.3 Å². The van der Waals surface area contributed by atoms with Gasteiger partial charge < -0.3 is 14.8 Å². The molecule has 2 aromatic rings. The highest BCUT2D eigenvalue weighted by molar-refractivity contribution is 7.08. The number of hydrogen-bond acceptors (Lipinski definition) is 5. The Balaban J connectivity index is 2.14. The number of amides is 2. The molecule has 2 N–H and O–H groups in total. The largest absolute Gasteiger partial charge is 0.497 e. The fraction of sp³-hybridized carbons (Fsp3) is 0.263. The molecule has 0 saturated heterocycles. The van der Waals surface area contributed by atoms with Crippen molar-refractivity contribution < 1.29 is 19.1 Å². The monoisotopic (exact) mass is 374 g/mol. The molecule has 1 aromatic carbocycles. The van der Waals surface area contributed by atoms with E-state index in [0.717, 1.165) is 5.56 Å². The smallest absolute Gasteiger partial charge is 0.412 e. The van der Waals surface area contributed by atoms with Gasteiger partial charge >= 0.3 is 6.09 Å². The molecule has 2 amide bonds. The van der Waals surface area contributed by atoms with E-state index in [9.17, 15) is 9.59 Å². The number of hydrogen-bond donors (Lipinski definition) is 2. The standard InChI is InChI=1S/C19H22N2O4S/c1-19(2,3)25-18(23)21-15-7-6-14(24-4)11-16(15)20-17(22)8-5-13-9-10-26-12-13/h5-12H,1-4H3,(H,20,22)(H,21,23)/b8-5+. The average Bonchev–Trinajstić information content (AvgIpc) is 3.06. The van der Waals surface area contributed by atoms with Crippen LogP contribution in [0.15, 0.2) is 41.1 Å². The lowest BCUT2D eigenvalue weighted by atomic mass is 10.2. The Morgan fingerprint density at radius 3 is 2.50 bits per heavy atom. The minimum Gasteiger partial charge on any atom is -0.497 e. The maximum Gasteiger partial charge on any atom is 0.412 e. The fourth-order valence-electron chi connectivity index (χ4n) is 1.99. The number of benzene rings is 1. The van der Waals surface area contributed by atoms with E-state index in [2.05, 4.69) is 10.6 Å². The number of methoxy groups -OCH3 is 1. The second-order valence-corrected chi connectivity index (χ2v) is 7.20. The lowest BCUT2D eigenvalue weighted by Crippen LogP contribution is -2.27. The number of rotatable bonds is 5. The van der Waals surface area contributed by atoms with Gasteiger partial charge in [-0.3, -0.25) is 10.1 Å². The van der Waals surface area contributed by atoms with Gasteiger partial charge in [0.15, 0.2) is 0 Å². The van der Waals surface area contributed by atoms with E-state index < -0.39 is 11.7 Å². The van der Waals surface area contributed by atoms with E-state index in [1.165, 1.54) is 13.2 Å². The van der Waals surface area contributed by atoms with Gasteiger partial charge in [-0.05, 0) is 61.4 Å². The summed E-state index contributed by atoms with van der Waals surface area (Å²) in [5, 5.41) is 9.25. The first-order valence-electron chi connectivity index (χ1n) is 7.96. The summed E-state index contributed by atoms with van der Waals surface area (Å²) in [6, 6.07) is 6.86. The molecule has 0 radical (unpaired) electrons. The van der Waals surface area contributed by atoms with Gasteiger partial charge in [0.2, 0.25) is 5.91 Å². The van der Waals surface area contributed by atoms with Gasteiger partial charge in [-0.15, -0.1) is 0 Å². The van der Waals surface area contributed by atoms with Crippen molar-refractivity contribution in [1.29, 1.82) is 0 Å². The molecule has 0 unspecified atom stereocenters. The molecular formula is C19H22N2O4S. The van der Waals surface area contributed by atoms with E-state index in [1.54, 1.807) is 56.4 Å². The van der Waals surface area contributed by atoms with Crippen LogP contribution in [0.2, 0.25) is 0 Å². The molecule has 26 heavy (non-hydrogen) atoms. The maximum atomic E-state index is 12.2. The van der Waals surface area contributed by atoms with Gasteiger partial charge in [0, 0.05) is 12.1 Å². The number of nitrogens with one attached hydrogen (secondary N) is 2. The molecule has 0 aliphatic rings. The number of carbonyl (C=O) groups is 2. The van der Waals surface area contributed by atoms with Crippen LogP contribution in [-0.2, 0) is 9.53 Å². The highest BCUT2D eigenvalue weighted by atomic mass is 32.1. The number of ether oxygens (including phenoxy) is 2. The van der Waals surface area contributed by atoms with Crippen molar-refractivity contribution in [2.45, 2.75) is 26.4 Å². The number of anilines is 2. The minimum atomic E-state index is -0.622. The van der Waals surface area contributed by atoms with Gasteiger partial charge in [0.25, 0.3) is 0 Å². The van der Waals surface area contributed by atoms with Gasteiger partial charge in [-0.25, -0.2) is 4.79 Å². The zero-order valence-electron chi connectivity index (χ0n) is 15.2. The first-order chi connectivity index (χ1) is 12.3. The molecule has 138 valence electrons. The van der Waals surface area contributed by atoms with E-state index in [0.29, 0.717) is 17.1 Å². The molecule has 1 aromatic heterocycles. The molecule has 7 heteroatoms. The molecule has 0 spiro atoms. The van der Waals surface area contributed by atoms with E-state index in [1.807, 2.05) is 16.8 Å². The third kappa shape index (κ3) is 6.25. The normalized spacial score (nSPS) is 11.2. The van der Waals surface area contributed by atoms with E-state index >= 15 is 0 Å². The molecule has 0 bridgehead atoms. The van der Waals surface area contributed by atoms with Crippen molar-refractivity contribution in [2.75, 3.05) is 17.7 Å². The third-order valence-electron chi connectivity index (χ3n) is 3.09. The fourth-order valence-corrected chi connectivity index (χ4v) is 2.62. The van der Waals surface area contributed by atoms with Crippen molar-refractivity contribution in [2.24, 2.45) is 0 Å². The lowest BCUT2D eigenvalue weighted by molar-refractivity contribution is -0.111. The Hall–Kier alpha value is -2.80. The molecular weight excluding hydrogens is 352 g/mol. The molecule has 0 aliphatic carbocycles. The third-order valence-corrected chi connectivity index (χ3v) is 3.79. The van der Waals surface area contributed by atoms with Crippen LogP contribution in [0.3, 0.4) is 0 Å².